The molecule has 7 rings (SSSR count). The monoisotopic (exact) mass is 574 g/mol. The average molecular weight is 575 g/mol. The number of anilines is 1. The van der Waals surface area contributed by atoms with E-state index in [1.54, 1.807) is 11.0 Å². The minimum atomic E-state index is -0.580. The zero-order valence-electron chi connectivity index (χ0n) is 23.6. The molecule has 0 saturated carbocycles. The number of halogens is 1. The van der Waals surface area contributed by atoms with Crippen LogP contribution in [0.5, 0.6) is 0 Å². The number of carbonyl (C=O) groups excluding carboxylic acids is 3. The third kappa shape index (κ3) is 5.15. The minimum absolute atomic E-state index is 0.126. The Morgan fingerprint density at radius 1 is 0.952 bits per heavy atom. The van der Waals surface area contributed by atoms with E-state index in [4.69, 9.17) is 4.52 Å². The predicted molar refractivity (Wildman–Crippen MR) is 153 cm³/mol. The number of nitrogens with one attached hydrogen (secondary N) is 1. The normalized spacial score (nSPS) is 22.7. The third-order valence-corrected chi connectivity index (χ3v) is 9.41. The van der Waals surface area contributed by atoms with Gasteiger partial charge in [0.25, 0.3) is 5.91 Å². The summed E-state index contributed by atoms with van der Waals surface area (Å²) in [6.07, 6.45) is 3.85. The van der Waals surface area contributed by atoms with Gasteiger partial charge in [-0.3, -0.25) is 24.6 Å². The van der Waals surface area contributed by atoms with Crippen molar-refractivity contribution >= 4 is 34.5 Å². The van der Waals surface area contributed by atoms with Crippen molar-refractivity contribution < 1.29 is 23.3 Å². The smallest absolute Gasteiger partial charge is 0.255 e. The van der Waals surface area contributed by atoms with E-state index < -0.39 is 6.04 Å². The number of nitrogens with zero attached hydrogens (tertiary/aromatic N) is 5. The van der Waals surface area contributed by atoms with Crippen LogP contribution < -0.4 is 10.2 Å². The van der Waals surface area contributed by atoms with Gasteiger partial charge in [-0.15, -0.1) is 0 Å². The second kappa shape index (κ2) is 11.1. The van der Waals surface area contributed by atoms with Crippen LogP contribution in [0.4, 0.5) is 10.2 Å². The van der Waals surface area contributed by atoms with Crippen LogP contribution >= 0.6 is 0 Å². The highest BCUT2D eigenvalue weighted by atomic mass is 19.1. The van der Waals surface area contributed by atoms with Gasteiger partial charge in [-0.25, -0.2) is 4.39 Å². The summed E-state index contributed by atoms with van der Waals surface area (Å²) in [7, 11) is 0. The molecule has 0 bridgehead atoms. The largest absolute Gasteiger partial charge is 0.354 e. The Kier molecular flexibility index (Phi) is 7.15. The van der Waals surface area contributed by atoms with Crippen molar-refractivity contribution in [1.29, 1.82) is 0 Å². The molecule has 2 aromatic carbocycles. The molecule has 4 aliphatic heterocycles. The number of carbonyl (C=O) groups is 3. The molecule has 0 spiro atoms. The fourth-order valence-corrected chi connectivity index (χ4v) is 7.00. The molecule has 3 fully saturated rings. The Morgan fingerprint density at radius 2 is 1.76 bits per heavy atom. The van der Waals surface area contributed by atoms with Gasteiger partial charge in [-0.2, -0.15) is 0 Å². The molecule has 42 heavy (non-hydrogen) atoms. The maximum atomic E-state index is 13.5. The first kappa shape index (κ1) is 27.0. The number of likely N-dealkylation sites (tertiary alicyclic amines) is 1. The van der Waals surface area contributed by atoms with E-state index in [9.17, 15) is 18.8 Å². The Morgan fingerprint density at radius 3 is 2.55 bits per heavy atom. The van der Waals surface area contributed by atoms with Crippen LogP contribution in [0.2, 0.25) is 0 Å². The number of benzene rings is 2. The van der Waals surface area contributed by atoms with E-state index in [-0.39, 0.29) is 30.0 Å². The number of imide groups is 1. The number of fused-ring (bicyclic) bond motifs is 2. The van der Waals surface area contributed by atoms with Gasteiger partial charge in [0, 0.05) is 63.4 Å². The molecule has 3 aromatic rings. The highest BCUT2D eigenvalue weighted by molar-refractivity contribution is 6.05. The molecule has 0 aliphatic carbocycles. The summed E-state index contributed by atoms with van der Waals surface area (Å²) in [5.41, 5.74) is 3.32. The van der Waals surface area contributed by atoms with E-state index >= 15 is 0 Å². The average Bonchev–Trinajstić information content (AvgIpc) is 3.56. The summed E-state index contributed by atoms with van der Waals surface area (Å²) in [5, 5.41) is 7.44. The number of rotatable bonds is 6. The fraction of sp³-hybridized carbons (Fsp3) is 0.484. The van der Waals surface area contributed by atoms with Gasteiger partial charge in [0.2, 0.25) is 11.8 Å². The Bertz CT molecular complexity index is 1520. The lowest BCUT2D eigenvalue weighted by atomic mass is 10.0. The lowest BCUT2D eigenvalue weighted by molar-refractivity contribution is -0.136. The van der Waals surface area contributed by atoms with Gasteiger partial charge in [-0.05, 0) is 68.1 Å². The molecule has 5 heterocycles. The fourth-order valence-electron chi connectivity index (χ4n) is 7.00. The standard InChI is InChI=1S/C31H35FN6O4/c32-22-2-4-25-27(18-22)42-34-29(25)37-15-13-36(14-16-37)23-8-11-35(12-9-23)10-7-20-1-3-24-21(17-20)19-38(31(24)41)26-5-6-28(39)33-30(26)40/h1-4,17-18,23,26H,5-16,19H2,(H,33,39,40). The van der Waals surface area contributed by atoms with Crippen molar-refractivity contribution in [2.45, 2.75) is 50.7 Å². The van der Waals surface area contributed by atoms with Crippen LogP contribution in [0.1, 0.15) is 47.2 Å². The second-order valence-corrected chi connectivity index (χ2v) is 11.9. The second-order valence-electron chi connectivity index (χ2n) is 11.9. The zero-order chi connectivity index (χ0) is 28.8. The molecule has 3 saturated heterocycles. The predicted octanol–water partition coefficient (Wildman–Crippen LogP) is 2.56. The van der Waals surface area contributed by atoms with Gasteiger partial charge in [0.15, 0.2) is 11.4 Å². The molecule has 1 atom stereocenters. The molecule has 11 heteroatoms. The van der Waals surface area contributed by atoms with Crippen LogP contribution in [0.15, 0.2) is 40.9 Å². The van der Waals surface area contributed by atoms with Crippen LogP contribution in [0.25, 0.3) is 11.0 Å². The summed E-state index contributed by atoms with van der Waals surface area (Å²) in [5.74, 6) is -0.286. The number of hydrogen-bond acceptors (Lipinski definition) is 8. The Labute approximate surface area is 243 Å². The van der Waals surface area contributed by atoms with Crippen molar-refractivity contribution in [2.24, 2.45) is 0 Å². The van der Waals surface area contributed by atoms with E-state index in [2.05, 4.69) is 31.2 Å². The first-order valence-electron chi connectivity index (χ1n) is 15.0. The maximum absolute atomic E-state index is 13.5. The van der Waals surface area contributed by atoms with Crippen molar-refractivity contribution in [3.63, 3.8) is 0 Å². The van der Waals surface area contributed by atoms with Gasteiger partial charge >= 0.3 is 0 Å². The number of amides is 3. The lowest BCUT2D eigenvalue weighted by Crippen LogP contribution is -2.53. The van der Waals surface area contributed by atoms with E-state index in [0.717, 1.165) is 81.8 Å². The Balaban J connectivity index is 0.879. The van der Waals surface area contributed by atoms with Crippen LogP contribution in [0.3, 0.4) is 0 Å². The first-order chi connectivity index (χ1) is 20.4. The van der Waals surface area contributed by atoms with Crippen molar-refractivity contribution in [1.82, 2.24) is 25.2 Å². The quantitative estimate of drug-likeness (QED) is 0.449. The highest BCUT2D eigenvalue weighted by Gasteiger charge is 2.39. The summed E-state index contributed by atoms with van der Waals surface area (Å²) >= 11 is 0. The molecular formula is C31H35FN6O4. The molecule has 1 unspecified atom stereocenters. The van der Waals surface area contributed by atoms with Crippen LogP contribution in [0, 0.1) is 5.82 Å². The first-order valence-corrected chi connectivity index (χ1v) is 15.0. The minimum Gasteiger partial charge on any atom is -0.354 e. The molecule has 10 nitrogen and oxygen atoms in total. The van der Waals surface area contributed by atoms with Gasteiger partial charge in [0.1, 0.15) is 11.9 Å². The highest BCUT2D eigenvalue weighted by Crippen LogP contribution is 2.30. The summed E-state index contributed by atoms with van der Waals surface area (Å²) in [6, 6.07) is 10.6. The molecular weight excluding hydrogens is 539 g/mol. The van der Waals surface area contributed by atoms with E-state index in [0.29, 0.717) is 30.2 Å². The Hall–Kier alpha value is -3.83. The zero-order valence-corrected chi connectivity index (χ0v) is 23.6. The van der Waals surface area contributed by atoms with Crippen molar-refractivity contribution in [2.75, 3.05) is 50.7 Å². The molecule has 1 N–H and O–H groups in total. The topological polar surface area (TPSA) is 102 Å². The molecule has 4 aliphatic rings. The van der Waals surface area contributed by atoms with E-state index in [1.165, 1.54) is 17.7 Å². The molecule has 3 amide bonds. The van der Waals surface area contributed by atoms with Crippen molar-refractivity contribution in [3.05, 3.63) is 58.9 Å². The summed E-state index contributed by atoms with van der Waals surface area (Å²) in [4.78, 5) is 45.8. The van der Waals surface area contributed by atoms with Gasteiger partial charge in [0.05, 0.1) is 5.39 Å². The van der Waals surface area contributed by atoms with Gasteiger partial charge < -0.3 is 19.2 Å². The van der Waals surface area contributed by atoms with E-state index in [1.807, 2.05) is 12.1 Å². The summed E-state index contributed by atoms with van der Waals surface area (Å²) < 4.78 is 18.9. The maximum Gasteiger partial charge on any atom is 0.255 e. The number of piperazine rings is 1. The lowest BCUT2D eigenvalue weighted by Gasteiger charge is -2.42. The molecule has 220 valence electrons. The van der Waals surface area contributed by atoms with Gasteiger partial charge in [-0.1, -0.05) is 17.3 Å². The van der Waals surface area contributed by atoms with Crippen LogP contribution in [-0.4, -0.2) is 95.5 Å². The number of piperidine rings is 2. The van der Waals surface area contributed by atoms with Crippen molar-refractivity contribution in [3.8, 4) is 0 Å². The SMILES string of the molecule is O=C1CCC(N2Cc3cc(CCN4CCC(N5CCN(c6noc7cc(F)ccc67)CC5)CC4)ccc3C2=O)C(=O)N1. The van der Waals surface area contributed by atoms with Crippen LogP contribution in [-0.2, 0) is 22.6 Å². The number of aromatic nitrogens is 1. The molecule has 1 aromatic heterocycles. The summed E-state index contributed by atoms with van der Waals surface area (Å²) in [6.45, 7) is 7.23. The number of hydrogen-bond donors (Lipinski definition) is 1. The third-order valence-electron chi connectivity index (χ3n) is 9.41. The molecule has 0 radical (unpaired) electrons.